The van der Waals surface area contributed by atoms with Crippen LogP contribution in [-0.2, 0) is 13.6 Å². The van der Waals surface area contributed by atoms with Crippen molar-refractivity contribution in [2.45, 2.75) is 19.4 Å². The molecule has 0 saturated heterocycles. The zero-order valence-electron chi connectivity index (χ0n) is 11.0. The fraction of sp³-hybridized carbons (Fsp3) is 0.583. The van der Waals surface area contributed by atoms with Gasteiger partial charge in [-0.2, -0.15) is 0 Å². The van der Waals surface area contributed by atoms with Gasteiger partial charge in [-0.05, 0) is 18.8 Å². The van der Waals surface area contributed by atoms with Crippen molar-refractivity contribution in [3.63, 3.8) is 0 Å². The maximum Gasteiger partial charge on any atom is 0.332 e. The van der Waals surface area contributed by atoms with Crippen LogP contribution in [0.4, 0.5) is 5.82 Å². The summed E-state index contributed by atoms with van der Waals surface area (Å²) in [6.45, 7) is 0.531. The zero-order valence-corrected chi connectivity index (χ0v) is 11.0. The van der Waals surface area contributed by atoms with Gasteiger partial charge in [-0.1, -0.05) is 0 Å². The monoisotopic (exact) mass is 250 g/mol. The van der Waals surface area contributed by atoms with Crippen LogP contribution in [0.1, 0.15) is 12.8 Å². The Labute approximate surface area is 105 Å². The van der Waals surface area contributed by atoms with Crippen molar-refractivity contribution in [2.24, 2.45) is 18.0 Å². The van der Waals surface area contributed by atoms with Crippen LogP contribution in [0.15, 0.2) is 20.6 Å². The van der Waals surface area contributed by atoms with E-state index in [4.69, 9.17) is 0 Å². The second kappa shape index (κ2) is 4.80. The summed E-state index contributed by atoms with van der Waals surface area (Å²) in [5, 5.41) is 0. The summed E-state index contributed by atoms with van der Waals surface area (Å²) in [5.41, 5.74) is -0.559. The lowest BCUT2D eigenvalue weighted by molar-refractivity contribution is 0.550. The Bertz CT molecular complexity index is 579. The quantitative estimate of drug-likeness (QED) is 0.565. The fourth-order valence-electron chi connectivity index (χ4n) is 1.68. The Morgan fingerprint density at radius 2 is 2.11 bits per heavy atom. The standard InChI is InChI=1S/C12H18N4O2/c1-14(2)8-13-10-6-11(17)16(7-9-4-5-9)12(18)15(10)3/h6,8-9H,4-5,7H2,1-3H3. The van der Waals surface area contributed by atoms with E-state index in [9.17, 15) is 9.59 Å². The molecular formula is C12H18N4O2. The van der Waals surface area contributed by atoms with E-state index in [1.807, 2.05) is 14.1 Å². The van der Waals surface area contributed by atoms with E-state index < -0.39 is 0 Å². The number of aliphatic imine (C=N–C) groups is 1. The van der Waals surface area contributed by atoms with Crippen molar-refractivity contribution < 1.29 is 0 Å². The van der Waals surface area contributed by atoms with Crippen LogP contribution in [0.3, 0.4) is 0 Å². The first-order valence-corrected chi connectivity index (χ1v) is 6.00. The van der Waals surface area contributed by atoms with Crippen LogP contribution in [0.2, 0.25) is 0 Å². The van der Waals surface area contributed by atoms with Crippen molar-refractivity contribution >= 4 is 12.2 Å². The second-order valence-corrected chi connectivity index (χ2v) is 4.94. The molecule has 18 heavy (non-hydrogen) atoms. The number of hydrogen-bond donors (Lipinski definition) is 0. The van der Waals surface area contributed by atoms with Crippen LogP contribution in [0, 0.1) is 5.92 Å². The van der Waals surface area contributed by atoms with Crippen molar-refractivity contribution in [2.75, 3.05) is 14.1 Å². The van der Waals surface area contributed by atoms with E-state index in [2.05, 4.69) is 4.99 Å². The Balaban J connectivity index is 2.40. The Morgan fingerprint density at radius 3 is 2.67 bits per heavy atom. The van der Waals surface area contributed by atoms with Crippen LogP contribution in [0.5, 0.6) is 0 Å². The van der Waals surface area contributed by atoms with E-state index in [1.165, 1.54) is 15.2 Å². The third kappa shape index (κ3) is 2.69. The maximum atomic E-state index is 12.1. The topological polar surface area (TPSA) is 59.6 Å². The number of aromatic nitrogens is 2. The third-order valence-electron chi connectivity index (χ3n) is 2.94. The van der Waals surface area contributed by atoms with Gasteiger partial charge in [-0.3, -0.25) is 13.9 Å². The number of rotatable bonds is 4. The van der Waals surface area contributed by atoms with E-state index in [0.717, 1.165) is 12.8 Å². The van der Waals surface area contributed by atoms with E-state index in [1.54, 1.807) is 18.3 Å². The number of hydrogen-bond acceptors (Lipinski definition) is 3. The first kappa shape index (κ1) is 12.6. The molecule has 6 nitrogen and oxygen atoms in total. The highest BCUT2D eigenvalue weighted by Crippen LogP contribution is 2.29. The largest absolute Gasteiger partial charge is 0.369 e. The number of nitrogens with zero attached hydrogens (tertiary/aromatic N) is 4. The molecule has 2 rings (SSSR count). The van der Waals surface area contributed by atoms with Gasteiger partial charge in [0.05, 0.1) is 6.34 Å². The lowest BCUT2D eigenvalue weighted by Gasteiger charge is -2.09. The molecule has 1 aromatic heterocycles. The van der Waals surface area contributed by atoms with Gasteiger partial charge in [0.15, 0.2) is 0 Å². The average Bonchev–Trinajstić information content (AvgIpc) is 3.11. The maximum absolute atomic E-state index is 12.1. The molecule has 6 heteroatoms. The molecule has 0 aromatic carbocycles. The van der Waals surface area contributed by atoms with Crippen LogP contribution in [0.25, 0.3) is 0 Å². The first-order valence-electron chi connectivity index (χ1n) is 6.00. The molecule has 0 bridgehead atoms. The molecule has 0 amide bonds. The van der Waals surface area contributed by atoms with Gasteiger partial charge in [-0.25, -0.2) is 9.79 Å². The van der Waals surface area contributed by atoms with Crippen LogP contribution >= 0.6 is 0 Å². The molecule has 1 fully saturated rings. The molecule has 1 heterocycles. The highest BCUT2D eigenvalue weighted by Gasteiger charge is 2.23. The van der Waals surface area contributed by atoms with Gasteiger partial charge in [0.25, 0.3) is 5.56 Å². The molecule has 1 aliphatic carbocycles. The average molecular weight is 250 g/mol. The molecule has 0 radical (unpaired) electrons. The Morgan fingerprint density at radius 1 is 1.44 bits per heavy atom. The van der Waals surface area contributed by atoms with Crippen molar-refractivity contribution in [3.8, 4) is 0 Å². The lowest BCUT2D eigenvalue weighted by atomic mass is 10.4. The van der Waals surface area contributed by atoms with Gasteiger partial charge in [-0.15, -0.1) is 0 Å². The molecule has 0 atom stereocenters. The zero-order chi connectivity index (χ0) is 13.3. The van der Waals surface area contributed by atoms with E-state index >= 15 is 0 Å². The summed E-state index contributed by atoms with van der Waals surface area (Å²) in [4.78, 5) is 29.8. The minimum absolute atomic E-state index is 0.268. The molecule has 1 saturated carbocycles. The van der Waals surface area contributed by atoms with Gasteiger partial charge in [0.2, 0.25) is 0 Å². The van der Waals surface area contributed by atoms with Crippen LogP contribution in [-0.4, -0.2) is 34.5 Å². The fourth-order valence-corrected chi connectivity index (χ4v) is 1.68. The van der Waals surface area contributed by atoms with Crippen molar-refractivity contribution in [1.82, 2.24) is 14.0 Å². The third-order valence-corrected chi connectivity index (χ3v) is 2.94. The summed E-state index contributed by atoms with van der Waals surface area (Å²) >= 11 is 0. The summed E-state index contributed by atoms with van der Waals surface area (Å²) in [6.07, 6.45) is 3.78. The molecular weight excluding hydrogens is 232 g/mol. The lowest BCUT2D eigenvalue weighted by Crippen LogP contribution is -2.38. The smallest absolute Gasteiger partial charge is 0.332 e. The Hall–Kier alpha value is -1.85. The molecule has 0 N–H and O–H groups in total. The summed E-state index contributed by atoms with van der Waals surface area (Å²) in [5.74, 6) is 0.872. The molecule has 1 aromatic rings. The van der Waals surface area contributed by atoms with Gasteiger partial charge < -0.3 is 4.90 Å². The van der Waals surface area contributed by atoms with Crippen LogP contribution < -0.4 is 11.2 Å². The van der Waals surface area contributed by atoms with Gasteiger partial charge in [0, 0.05) is 33.8 Å². The molecule has 1 aliphatic rings. The van der Waals surface area contributed by atoms with Gasteiger partial charge in [0.1, 0.15) is 5.82 Å². The Kier molecular flexibility index (Phi) is 3.36. The highest BCUT2D eigenvalue weighted by atomic mass is 16.2. The highest BCUT2D eigenvalue weighted by molar-refractivity contribution is 5.58. The van der Waals surface area contributed by atoms with Crippen molar-refractivity contribution in [3.05, 3.63) is 26.9 Å². The molecule has 98 valence electrons. The normalized spacial score (nSPS) is 15.3. The minimum atomic E-state index is -0.291. The predicted molar refractivity (Wildman–Crippen MR) is 70.5 cm³/mol. The van der Waals surface area contributed by atoms with E-state index in [0.29, 0.717) is 18.3 Å². The SMILES string of the molecule is CN(C)C=Nc1cc(=O)n(CC2CC2)c(=O)n1C. The summed E-state index contributed by atoms with van der Waals surface area (Å²) < 4.78 is 2.70. The van der Waals surface area contributed by atoms with E-state index in [-0.39, 0.29) is 11.2 Å². The second-order valence-electron chi connectivity index (χ2n) is 4.94. The van der Waals surface area contributed by atoms with Crippen molar-refractivity contribution in [1.29, 1.82) is 0 Å². The molecule has 0 unspecified atom stereocenters. The summed E-state index contributed by atoms with van der Waals surface area (Å²) in [7, 11) is 5.29. The minimum Gasteiger partial charge on any atom is -0.369 e. The predicted octanol–water partition coefficient (Wildman–Crippen LogP) is 0.178. The first-order chi connectivity index (χ1) is 8.49. The van der Waals surface area contributed by atoms with Gasteiger partial charge >= 0.3 is 5.69 Å². The molecule has 0 aliphatic heterocycles. The summed E-state index contributed by atoms with van der Waals surface area (Å²) in [6, 6.07) is 1.41. The molecule has 0 spiro atoms.